The van der Waals surface area contributed by atoms with Gasteiger partial charge in [-0.15, -0.1) is 0 Å². The molecule has 0 fully saturated rings. The third-order valence-corrected chi connectivity index (χ3v) is 5.43. The van der Waals surface area contributed by atoms with Crippen molar-refractivity contribution in [3.63, 3.8) is 0 Å². The van der Waals surface area contributed by atoms with Gasteiger partial charge < -0.3 is 10.6 Å². The molecule has 8 nitrogen and oxygen atoms in total. The van der Waals surface area contributed by atoms with Crippen molar-refractivity contribution in [2.45, 2.75) is 26.2 Å². The van der Waals surface area contributed by atoms with Gasteiger partial charge in [-0.2, -0.15) is 0 Å². The minimum absolute atomic E-state index is 0.109. The van der Waals surface area contributed by atoms with Crippen LogP contribution in [0.3, 0.4) is 0 Å². The molecule has 162 valence electrons. The van der Waals surface area contributed by atoms with E-state index in [0.717, 1.165) is 52.3 Å². The lowest BCUT2D eigenvalue weighted by Crippen LogP contribution is -2.18. The van der Waals surface area contributed by atoms with Crippen LogP contribution >= 0.6 is 0 Å². The molecule has 0 aliphatic carbocycles. The maximum Gasteiger partial charge on any atom is 0.251 e. The largest absolute Gasteiger partial charge is 0.370 e. The monoisotopic (exact) mass is 427 g/mol. The number of nitrogens with zero attached hydrogens (tertiary/aromatic N) is 5. The van der Waals surface area contributed by atoms with E-state index in [4.69, 9.17) is 0 Å². The Balaban J connectivity index is 1.46. The van der Waals surface area contributed by atoms with Crippen molar-refractivity contribution >= 4 is 22.6 Å². The highest BCUT2D eigenvalue weighted by atomic mass is 16.1. The molecule has 0 bridgehead atoms. The number of anilines is 1. The van der Waals surface area contributed by atoms with Crippen LogP contribution < -0.4 is 10.6 Å². The zero-order chi connectivity index (χ0) is 22.5. The molecule has 32 heavy (non-hydrogen) atoms. The van der Waals surface area contributed by atoms with Crippen molar-refractivity contribution in [2.24, 2.45) is 0 Å². The normalized spacial score (nSPS) is 11.8. The Morgan fingerprint density at radius 3 is 2.66 bits per heavy atom. The Labute approximate surface area is 186 Å². The average molecular weight is 428 g/mol. The standard InChI is InChI=1S/C24H25N7O/c1-15(18-6-7-20(24(32)25-3)19-5-4-9-27-23(18)19)8-10-26-22-11-21(30-14-31-22)17-12-28-16(2)29-13-17/h4-7,9,11-15H,8,10H2,1-3H3,(H,25,32)(H,26,30,31). The topological polar surface area (TPSA) is 106 Å². The molecule has 8 heteroatoms. The lowest BCUT2D eigenvalue weighted by Gasteiger charge is -2.16. The molecule has 0 spiro atoms. The number of aromatic nitrogens is 5. The van der Waals surface area contributed by atoms with E-state index in [0.29, 0.717) is 5.56 Å². The summed E-state index contributed by atoms with van der Waals surface area (Å²) in [6.07, 6.45) is 7.70. The SMILES string of the molecule is CNC(=O)c1ccc(C(C)CCNc2cc(-c3cnc(C)nc3)ncn2)c2ncccc12. The number of benzene rings is 1. The second-order valence-corrected chi connectivity index (χ2v) is 7.60. The van der Waals surface area contributed by atoms with Gasteiger partial charge in [0.1, 0.15) is 18.0 Å². The number of rotatable bonds is 7. The number of pyridine rings is 1. The summed E-state index contributed by atoms with van der Waals surface area (Å²) in [7, 11) is 1.64. The van der Waals surface area contributed by atoms with Gasteiger partial charge in [0.25, 0.3) is 5.91 Å². The molecule has 1 amide bonds. The molecule has 1 atom stereocenters. The maximum atomic E-state index is 12.2. The molecule has 3 aromatic heterocycles. The van der Waals surface area contributed by atoms with E-state index in [1.165, 1.54) is 6.33 Å². The highest BCUT2D eigenvalue weighted by Crippen LogP contribution is 2.28. The van der Waals surface area contributed by atoms with Gasteiger partial charge in [-0.25, -0.2) is 19.9 Å². The van der Waals surface area contributed by atoms with Gasteiger partial charge in [-0.3, -0.25) is 9.78 Å². The van der Waals surface area contributed by atoms with Crippen molar-refractivity contribution in [3.8, 4) is 11.3 Å². The maximum absolute atomic E-state index is 12.2. The highest BCUT2D eigenvalue weighted by molar-refractivity contribution is 6.06. The van der Waals surface area contributed by atoms with Crippen LogP contribution in [0.1, 0.15) is 41.0 Å². The Bertz CT molecular complexity index is 1240. The highest BCUT2D eigenvalue weighted by Gasteiger charge is 2.16. The van der Waals surface area contributed by atoms with Crippen molar-refractivity contribution in [1.29, 1.82) is 0 Å². The van der Waals surface area contributed by atoms with Gasteiger partial charge in [0.05, 0.1) is 11.2 Å². The number of fused-ring (bicyclic) bond motifs is 1. The predicted octanol–water partition coefficient (Wildman–Crippen LogP) is 3.76. The first-order valence-electron chi connectivity index (χ1n) is 10.5. The summed E-state index contributed by atoms with van der Waals surface area (Å²) in [5, 5.41) is 6.94. The van der Waals surface area contributed by atoms with E-state index in [1.54, 1.807) is 25.6 Å². The van der Waals surface area contributed by atoms with Crippen molar-refractivity contribution in [1.82, 2.24) is 30.2 Å². The minimum Gasteiger partial charge on any atom is -0.370 e. The summed E-state index contributed by atoms with van der Waals surface area (Å²) in [6, 6.07) is 9.58. The molecule has 0 aliphatic rings. The van der Waals surface area contributed by atoms with E-state index < -0.39 is 0 Å². The second-order valence-electron chi connectivity index (χ2n) is 7.60. The summed E-state index contributed by atoms with van der Waals surface area (Å²) in [5.74, 6) is 1.61. The van der Waals surface area contributed by atoms with E-state index >= 15 is 0 Å². The molecule has 0 aliphatic heterocycles. The van der Waals surface area contributed by atoms with Crippen LogP contribution in [0.15, 0.2) is 55.2 Å². The Hall–Kier alpha value is -3.94. The zero-order valence-electron chi connectivity index (χ0n) is 18.3. The van der Waals surface area contributed by atoms with Crippen LogP contribution in [0.4, 0.5) is 5.82 Å². The Morgan fingerprint density at radius 2 is 1.88 bits per heavy atom. The first-order valence-corrected chi connectivity index (χ1v) is 10.5. The van der Waals surface area contributed by atoms with Gasteiger partial charge in [-0.1, -0.05) is 19.1 Å². The van der Waals surface area contributed by atoms with Crippen molar-refractivity contribution in [3.05, 3.63) is 72.2 Å². The molecule has 4 aromatic rings. The number of nitrogens with one attached hydrogen (secondary N) is 2. The molecule has 2 N–H and O–H groups in total. The van der Waals surface area contributed by atoms with E-state index in [9.17, 15) is 4.79 Å². The minimum atomic E-state index is -0.109. The van der Waals surface area contributed by atoms with Crippen molar-refractivity contribution < 1.29 is 4.79 Å². The zero-order valence-corrected chi connectivity index (χ0v) is 18.3. The molecule has 3 heterocycles. The van der Waals surface area contributed by atoms with E-state index in [2.05, 4.69) is 42.5 Å². The summed E-state index contributed by atoms with van der Waals surface area (Å²) < 4.78 is 0. The number of amides is 1. The molecule has 1 aromatic carbocycles. The number of carbonyl (C=O) groups excluding carboxylic acids is 1. The van der Waals surface area contributed by atoms with Crippen LogP contribution in [-0.4, -0.2) is 44.4 Å². The molecule has 4 rings (SSSR count). The first-order chi connectivity index (χ1) is 15.6. The van der Waals surface area contributed by atoms with Gasteiger partial charge in [0.15, 0.2) is 0 Å². The summed E-state index contributed by atoms with van der Waals surface area (Å²) in [5.41, 5.74) is 4.25. The Kier molecular flexibility index (Phi) is 6.30. The van der Waals surface area contributed by atoms with Gasteiger partial charge in [0, 0.05) is 54.8 Å². The molecular weight excluding hydrogens is 402 g/mol. The van der Waals surface area contributed by atoms with Gasteiger partial charge in [-0.05, 0) is 37.0 Å². The number of carbonyl (C=O) groups is 1. The fourth-order valence-electron chi connectivity index (χ4n) is 3.63. The van der Waals surface area contributed by atoms with Gasteiger partial charge >= 0.3 is 0 Å². The smallest absolute Gasteiger partial charge is 0.251 e. The first kappa shape index (κ1) is 21.3. The van der Waals surface area contributed by atoms with Crippen LogP contribution in [0, 0.1) is 6.92 Å². The lowest BCUT2D eigenvalue weighted by atomic mass is 9.93. The molecule has 0 saturated heterocycles. The second kappa shape index (κ2) is 9.47. The fraction of sp³-hybridized carbons (Fsp3) is 0.250. The lowest BCUT2D eigenvalue weighted by molar-refractivity contribution is 0.0964. The number of hydrogen-bond acceptors (Lipinski definition) is 7. The molecule has 0 radical (unpaired) electrons. The summed E-state index contributed by atoms with van der Waals surface area (Å²) in [6.45, 7) is 4.75. The molecular formula is C24H25N7O. The van der Waals surface area contributed by atoms with Crippen LogP contribution in [0.2, 0.25) is 0 Å². The molecule has 0 saturated carbocycles. The summed E-state index contributed by atoms with van der Waals surface area (Å²) in [4.78, 5) is 33.9. The average Bonchev–Trinajstić information content (AvgIpc) is 2.83. The fourth-order valence-corrected chi connectivity index (χ4v) is 3.63. The van der Waals surface area contributed by atoms with Gasteiger partial charge in [0.2, 0.25) is 0 Å². The molecule has 1 unspecified atom stereocenters. The Morgan fingerprint density at radius 1 is 1.06 bits per heavy atom. The van der Waals surface area contributed by atoms with Crippen LogP contribution in [-0.2, 0) is 0 Å². The summed E-state index contributed by atoms with van der Waals surface area (Å²) >= 11 is 0. The van der Waals surface area contributed by atoms with Crippen LogP contribution in [0.5, 0.6) is 0 Å². The predicted molar refractivity (Wildman–Crippen MR) is 124 cm³/mol. The third kappa shape index (κ3) is 4.54. The van der Waals surface area contributed by atoms with Crippen LogP contribution in [0.25, 0.3) is 22.2 Å². The third-order valence-electron chi connectivity index (χ3n) is 5.43. The quantitative estimate of drug-likeness (QED) is 0.463. The van der Waals surface area contributed by atoms with E-state index in [-0.39, 0.29) is 11.8 Å². The van der Waals surface area contributed by atoms with Crippen molar-refractivity contribution in [2.75, 3.05) is 18.9 Å². The number of aryl methyl sites for hydroxylation is 1. The number of hydrogen-bond donors (Lipinski definition) is 2. The van der Waals surface area contributed by atoms with E-state index in [1.807, 2.05) is 37.3 Å².